The van der Waals surface area contributed by atoms with Gasteiger partial charge in [-0.3, -0.25) is 9.69 Å². The van der Waals surface area contributed by atoms with Crippen LogP contribution in [0.15, 0.2) is 24.3 Å². The van der Waals surface area contributed by atoms with E-state index in [4.69, 9.17) is 5.11 Å². The average Bonchev–Trinajstić information content (AvgIpc) is 2.36. The van der Waals surface area contributed by atoms with Crippen molar-refractivity contribution in [1.82, 2.24) is 4.90 Å². The Bertz CT molecular complexity index is 461. The van der Waals surface area contributed by atoms with Crippen LogP contribution in [0.5, 0.6) is 0 Å². The second-order valence-electron chi connectivity index (χ2n) is 5.31. The van der Waals surface area contributed by atoms with Gasteiger partial charge in [0.15, 0.2) is 0 Å². The van der Waals surface area contributed by atoms with E-state index < -0.39 is 0 Å². The number of rotatable bonds is 3. The van der Waals surface area contributed by atoms with E-state index in [1.165, 1.54) is 0 Å². The van der Waals surface area contributed by atoms with E-state index in [-0.39, 0.29) is 24.6 Å². The molecule has 2 rings (SSSR count). The number of aryl methyl sites for hydroxylation is 1. The number of aliphatic hydroxyl groups is 1. The number of para-hydroxylation sites is 1. The monoisotopic (exact) mass is 262 g/mol. The zero-order valence-corrected chi connectivity index (χ0v) is 11.8. The van der Waals surface area contributed by atoms with Gasteiger partial charge in [0.2, 0.25) is 5.91 Å². The van der Waals surface area contributed by atoms with Gasteiger partial charge in [-0.25, -0.2) is 0 Å². The van der Waals surface area contributed by atoms with Gasteiger partial charge < -0.3 is 10.0 Å². The average molecular weight is 262 g/mol. The Morgan fingerprint density at radius 2 is 2.05 bits per heavy atom. The van der Waals surface area contributed by atoms with Crippen molar-refractivity contribution in [3.63, 3.8) is 0 Å². The molecule has 0 radical (unpaired) electrons. The smallest absolute Gasteiger partial charge is 0.244 e. The number of carbonyl (C=O) groups is 1. The molecule has 104 valence electrons. The molecule has 4 nitrogen and oxygen atoms in total. The molecule has 2 atom stereocenters. The third kappa shape index (κ3) is 2.65. The standard InChI is InChI=1S/C15H22N2O2/c1-11-6-4-5-7-13(11)17-12(2)10-16(3)14(8-9-18)15(17)19/h4-7,12,14,18H,8-10H2,1-3H3. The van der Waals surface area contributed by atoms with Gasteiger partial charge in [-0.1, -0.05) is 18.2 Å². The minimum absolute atomic E-state index is 0.0384. The Morgan fingerprint density at radius 1 is 1.37 bits per heavy atom. The molecule has 0 aromatic heterocycles. The fourth-order valence-electron chi connectivity index (χ4n) is 2.85. The third-order valence-electron chi connectivity index (χ3n) is 3.83. The van der Waals surface area contributed by atoms with Crippen LogP contribution in [-0.2, 0) is 4.79 Å². The van der Waals surface area contributed by atoms with Gasteiger partial charge in [0.25, 0.3) is 0 Å². The number of anilines is 1. The fraction of sp³-hybridized carbons (Fsp3) is 0.533. The number of benzene rings is 1. The molecule has 19 heavy (non-hydrogen) atoms. The van der Waals surface area contributed by atoms with Crippen LogP contribution in [0.4, 0.5) is 5.69 Å². The van der Waals surface area contributed by atoms with Crippen LogP contribution >= 0.6 is 0 Å². The molecular formula is C15H22N2O2. The maximum absolute atomic E-state index is 12.7. The zero-order chi connectivity index (χ0) is 14.0. The molecule has 1 heterocycles. The Hall–Kier alpha value is -1.39. The third-order valence-corrected chi connectivity index (χ3v) is 3.83. The summed E-state index contributed by atoms with van der Waals surface area (Å²) in [4.78, 5) is 16.6. The molecule has 0 spiro atoms. The first-order chi connectivity index (χ1) is 9.06. The van der Waals surface area contributed by atoms with Crippen molar-refractivity contribution in [3.05, 3.63) is 29.8 Å². The summed E-state index contributed by atoms with van der Waals surface area (Å²) in [5, 5.41) is 9.13. The SMILES string of the molecule is Cc1ccccc1N1C(=O)C(CCO)N(C)CC1C. The molecule has 1 aromatic rings. The van der Waals surface area contributed by atoms with Gasteiger partial charge in [0.05, 0.1) is 6.04 Å². The highest BCUT2D eigenvalue weighted by atomic mass is 16.3. The fourth-order valence-corrected chi connectivity index (χ4v) is 2.85. The highest BCUT2D eigenvalue weighted by Gasteiger charge is 2.37. The van der Waals surface area contributed by atoms with Gasteiger partial charge in [0.1, 0.15) is 0 Å². The number of carbonyl (C=O) groups excluding carboxylic acids is 1. The lowest BCUT2D eigenvalue weighted by Gasteiger charge is -2.43. The lowest BCUT2D eigenvalue weighted by molar-refractivity contribution is -0.126. The molecule has 1 N–H and O–H groups in total. The molecule has 1 amide bonds. The number of piperazine rings is 1. The Labute approximate surface area is 114 Å². The van der Waals surface area contributed by atoms with Crippen molar-refractivity contribution in [2.75, 3.05) is 25.1 Å². The van der Waals surface area contributed by atoms with E-state index in [1.54, 1.807) is 0 Å². The van der Waals surface area contributed by atoms with Crippen LogP contribution in [0.2, 0.25) is 0 Å². The summed E-state index contributed by atoms with van der Waals surface area (Å²) in [6.07, 6.45) is 0.491. The lowest BCUT2D eigenvalue weighted by Crippen LogP contribution is -2.60. The van der Waals surface area contributed by atoms with Gasteiger partial charge in [0, 0.05) is 24.9 Å². The molecule has 1 saturated heterocycles. The first-order valence-corrected chi connectivity index (χ1v) is 6.76. The maximum atomic E-state index is 12.7. The highest BCUT2D eigenvalue weighted by Crippen LogP contribution is 2.27. The first-order valence-electron chi connectivity index (χ1n) is 6.76. The number of hydrogen-bond acceptors (Lipinski definition) is 3. The molecule has 0 saturated carbocycles. The summed E-state index contributed by atoms with van der Waals surface area (Å²) in [6, 6.07) is 7.88. The van der Waals surface area contributed by atoms with Crippen molar-refractivity contribution < 1.29 is 9.90 Å². The minimum atomic E-state index is -0.221. The van der Waals surface area contributed by atoms with Gasteiger partial charge in [-0.2, -0.15) is 0 Å². The van der Waals surface area contributed by atoms with Crippen LogP contribution in [-0.4, -0.2) is 48.2 Å². The quantitative estimate of drug-likeness (QED) is 0.896. The predicted octanol–water partition coefficient (Wildman–Crippen LogP) is 1.41. The molecular weight excluding hydrogens is 240 g/mol. The lowest BCUT2D eigenvalue weighted by atomic mass is 10.0. The molecule has 0 bridgehead atoms. The number of likely N-dealkylation sites (N-methyl/N-ethyl adjacent to an activating group) is 1. The van der Waals surface area contributed by atoms with Gasteiger partial charge in [-0.15, -0.1) is 0 Å². The van der Waals surface area contributed by atoms with Crippen LogP contribution < -0.4 is 4.90 Å². The number of hydrogen-bond donors (Lipinski definition) is 1. The summed E-state index contributed by atoms with van der Waals surface area (Å²) in [6.45, 7) is 4.95. The summed E-state index contributed by atoms with van der Waals surface area (Å²) >= 11 is 0. The minimum Gasteiger partial charge on any atom is -0.396 e. The predicted molar refractivity (Wildman–Crippen MR) is 76.2 cm³/mol. The summed E-state index contributed by atoms with van der Waals surface area (Å²) < 4.78 is 0. The molecule has 4 heteroatoms. The highest BCUT2D eigenvalue weighted by molar-refractivity contribution is 5.99. The van der Waals surface area contributed by atoms with E-state index in [2.05, 4.69) is 6.92 Å². The normalized spacial score (nSPS) is 24.8. The Balaban J connectivity index is 2.33. The molecule has 1 aliphatic heterocycles. The van der Waals surface area contributed by atoms with Gasteiger partial charge in [-0.05, 0) is 38.9 Å². The molecule has 1 aromatic carbocycles. The van der Waals surface area contributed by atoms with Crippen molar-refractivity contribution in [2.45, 2.75) is 32.4 Å². The molecule has 1 aliphatic rings. The van der Waals surface area contributed by atoms with Crippen LogP contribution in [0.1, 0.15) is 18.9 Å². The summed E-state index contributed by atoms with van der Waals surface area (Å²) in [5.41, 5.74) is 2.09. The topological polar surface area (TPSA) is 43.8 Å². The van der Waals surface area contributed by atoms with Crippen molar-refractivity contribution in [3.8, 4) is 0 Å². The van der Waals surface area contributed by atoms with Gasteiger partial charge >= 0.3 is 0 Å². The largest absolute Gasteiger partial charge is 0.396 e. The van der Waals surface area contributed by atoms with E-state index in [0.29, 0.717) is 6.42 Å². The summed E-state index contributed by atoms with van der Waals surface area (Å²) in [5.74, 6) is 0.0876. The number of nitrogens with zero attached hydrogens (tertiary/aromatic N) is 2. The maximum Gasteiger partial charge on any atom is 0.244 e. The molecule has 1 fully saturated rings. The van der Waals surface area contributed by atoms with E-state index in [9.17, 15) is 4.79 Å². The molecule has 2 unspecified atom stereocenters. The zero-order valence-electron chi connectivity index (χ0n) is 11.8. The van der Waals surface area contributed by atoms with E-state index in [1.807, 2.05) is 48.0 Å². The molecule has 0 aliphatic carbocycles. The van der Waals surface area contributed by atoms with E-state index in [0.717, 1.165) is 17.8 Å². The number of amides is 1. The van der Waals surface area contributed by atoms with Crippen LogP contribution in [0, 0.1) is 6.92 Å². The van der Waals surface area contributed by atoms with Crippen molar-refractivity contribution in [2.24, 2.45) is 0 Å². The summed E-state index contributed by atoms with van der Waals surface area (Å²) in [7, 11) is 1.95. The van der Waals surface area contributed by atoms with Crippen molar-refractivity contribution in [1.29, 1.82) is 0 Å². The Morgan fingerprint density at radius 3 is 2.68 bits per heavy atom. The Kier molecular flexibility index (Phi) is 4.22. The van der Waals surface area contributed by atoms with Crippen molar-refractivity contribution >= 4 is 11.6 Å². The van der Waals surface area contributed by atoms with E-state index >= 15 is 0 Å². The number of aliphatic hydroxyl groups excluding tert-OH is 1. The van der Waals surface area contributed by atoms with Crippen LogP contribution in [0.3, 0.4) is 0 Å². The second-order valence-corrected chi connectivity index (χ2v) is 5.31. The second kappa shape index (κ2) is 5.72. The first kappa shape index (κ1) is 14.0. The van der Waals surface area contributed by atoms with Crippen LogP contribution in [0.25, 0.3) is 0 Å².